The third-order valence-corrected chi connectivity index (χ3v) is 7.14. The van der Waals surface area contributed by atoms with Crippen LogP contribution in [0.3, 0.4) is 0 Å². The molecule has 5 rings (SSSR count). The smallest absolute Gasteiger partial charge is 0.416 e. The fourth-order valence-corrected chi connectivity index (χ4v) is 4.79. The monoisotopic (exact) mass is 640 g/mol. The zero-order chi connectivity index (χ0) is 32.1. The molecule has 0 saturated carbocycles. The van der Waals surface area contributed by atoms with Crippen molar-refractivity contribution in [1.29, 1.82) is 0 Å². The van der Waals surface area contributed by atoms with E-state index in [-0.39, 0.29) is 12.2 Å². The minimum atomic E-state index is -4.33. The second-order valence-electron chi connectivity index (χ2n) is 10.8. The molecule has 0 amide bonds. The van der Waals surface area contributed by atoms with Gasteiger partial charge in [0.1, 0.15) is 36.9 Å². The van der Waals surface area contributed by atoms with E-state index in [1.165, 1.54) is 29.8 Å². The first-order valence-corrected chi connectivity index (χ1v) is 14.9. The first kappa shape index (κ1) is 34.6. The number of ether oxygens (including phenoxy) is 4. The maximum absolute atomic E-state index is 12.6. The Morgan fingerprint density at radius 3 is 1.80 bits per heavy atom. The Balaban J connectivity index is 0.000000215. The average molecular weight is 641 g/mol. The SMILES string of the molecule is FC(F)(F)c1ccc(OCC2CN(Cc3ccccc3)CCCO2)cc1.FC(F)(F)c1ccc(OCC2CNCCCO2)cc1. The summed E-state index contributed by atoms with van der Waals surface area (Å²) in [6, 6.07) is 19.7. The molecule has 0 radical (unpaired) electrons. The fourth-order valence-electron chi connectivity index (χ4n) is 4.79. The van der Waals surface area contributed by atoms with Gasteiger partial charge in [-0.2, -0.15) is 26.3 Å². The highest BCUT2D eigenvalue weighted by Crippen LogP contribution is 2.31. The quantitative estimate of drug-likeness (QED) is 0.273. The van der Waals surface area contributed by atoms with Crippen molar-refractivity contribution >= 4 is 0 Å². The third kappa shape index (κ3) is 12.2. The molecule has 0 bridgehead atoms. The minimum Gasteiger partial charge on any atom is -0.491 e. The number of nitrogens with zero attached hydrogens (tertiary/aromatic N) is 1. The predicted molar refractivity (Wildman–Crippen MR) is 157 cm³/mol. The topological polar surface area (TPSA) is 52.2 Å². The van der Waals surface area contributed by atoms with Gasteiger partial charge in [-0.1, -0.05) is 30.3 Å². The molecule has 2 atom stereocenters. The zero-order valence-corrected chi connectivity index (χ0v) is 24.8. The highest BCUT2D eigenvalue weighted by molar-refractivity contribution is 5.29. The molecule has 2 fully saturated rings. The lowest BCUT2D eigenvalue weighted by molar-refractivity contribution is -0.138. The van der Waals surface area contributed by atoms with Crippen LogP contribution in [0.2, 0.25) is 0 Å². The fraction of sp³-hybridized carbons (Fsp3) is 0.455. The molecule has 2 heterocycles. The molecule has 2 aliphatic rings. The van der Waals surface area contributed by atoms with Gasteiger partial charge in [0, 0.05) is 39.4 Å². The van der Waals surface area contributed by atoms with Gasteiger partial charge in [-0.25, -0.2) is 0 Å². The molecule has 246 valence electrons. The lowest BCUT2D eigenvalue weighted by Crippen LogP contribution is -2.34. The van der Waals surface area contributed by atoms with Gasteiger partial charge in [0.15, 0.2) is 0 Å². The number of hydrogen-bond donors (Lipinski definition) is 1. The summed E-state index contributed by atoms with van der Waals surface area (Å²) in [6.07, 6.45) is -6.91. The second kappa shape index (κ2) is 16.8. The molecule has 2 unspecified atom stereocenters. The first-order valence-electron chi connectivity index (χ1n) is 14.9. The van der Waals surface area contributed by atoms with Crippen molar-refractivity contribution < 1.29 is 45.3 Å². The van der Waals surface area contributed by atoms with Crippen LogP contribution in [0.15, 0.2) is 78.9 Å². The maximum Gasteiger partial charge on any atom is 0.416 e. The molecule has 0 aliphatic carbocycles. The van der Waals surface area contributed by atoms with E-state index >= 15 is 0 Å². The Kier molecular flexibility index (Phi) is 12.9. The highest BCUT2D eigenvalue weighted by atomic mass is 19.4. The molecule has 1 N–H and O–H groups in total. The summed E-state index contributed by atoms with van der Waals surface area (Å²) in [5.41, 5.74) is -0.103. The van der Waals surface area contributed by atoms with E-state index in [1.807, 2.05) is 18.2 Å². The van der Waals surface area contributed by atoms with Gasteiger partial charge >= 0.3 is 12.4 Å². The molecule has 12 heteroatoms. The molecule has 3 aromatic rings. The summed E-state index contributed by atoms with van der Waals surface area (Å²) >= 11 is 0. The van der Waals surface area contributed by atoms with Gasteiger partial charge in [-0.05, 0) is 73.5 Å². The summed E-state index contributed by atoms with van der Waals surface area (Å²) in [4.78, 5) is 2.32. The summed E-state index contributed by atoms with van der Waals surface area (Å²) in [5.74, 6) is 0.835. The number of rotatable bonds is 8. The maximum atomic E-state index is 12.6. The number of hydrogen-bond acceptors (Lipinski definition) is 6. The standard InChI is InChI=1S/C20H22F3NO2.C13H16F3NO2/c21-20(22,23)17-7-9-18(10-8-17)26-15-19-14-24(11-4-12-25-19)13-16-5-2-1-3-6-16;14-13(15,16)10-2-4-11(5-3-10)19-9-12-8-17-6-1-7-18-12/h1-3,5-10,19H,4,11-15H2;2-5,12,17H,1,6-9H2. The largest absolute Gasteiger partial charge is 0.491 e. The molecular formula is C33H38F6N2O4. The van der Waals surface area contributed by atoms with Crippen LogP contribution in [0, 0.1) is 0 Å². The van der Waals surface area contributed by atoms with Crippen LogP contribution in [0.5, 0.6) is 11.5 Å². The predicted octanol–water partition coefficient (Wildman–Crippen LogP) is 6.84. The first-order chi connectivity index (χ1) is 21.6. The van der Waals surface area contributed by atoms with E-state index in [1.54, 1.807) is 0 Å². The van der Waals surface area contributed by atoms with Crippen LogP contribution in [0.25, 0.3) is 0 Å². The van der Waals surface area contributed by atoms with E-state index in [2.05, 4.69) is 22.3 Å². The summed E-state index contributed by atoms with van der Waals surface area (Å²) in [6.45, 7) is 6.12. The van der Waals surface area contributed by atoms with E-state index in [0.717, 1.165) is 63.3 Å². The van der Waals surface area contributed by atoms with Gasteiger partial charge in [0.2, 0.25) is 0 Å². The van der Waals surface area contributed by atoms with Gasteiger partial charge in [-0.15, -0.1) is 0 Å². The number of benzene rings is 3. The van der Waals surface area contributed by atoms with Gasteiger partial charge < -0.3 is 24.3 Å². The summed E-state index contributed by atoms with van der Waals surface area (Å²) < 4.78 is 97.4. The molecule has 2 aliphatic heterocycles. The Hall–Kier alpha value is -3.32. The van der Waals surface area contributed by atoms with Gasteiger partial charge in [-0.3, -0.25) is 4.90 Å². The summed E-state index contributed by atoms with van der Waals surface area (Å²) in [7, 11) is 0. The van der Waals surface area contributed by atoms with E-state index < -0.39 is 23.5 Å². The van der Waals surface area contributed by atoms with Crippen molar-refractivity contribution in [1.82, 2.24) is 10.2 Å². The summed E-state index contributed by atoms with van der Waals surface area (Å²) in [5, 5.41) is 3.21. The van der Waals surface area contributed by atoms with Crippen LogP contribution in [0.4, 0.5) is 26.3 Å². The molecule has 0 spiro atoms. The van der Waals surface area contributed by atoms with Crippen molar-refractivity contribution in [2.75, 3.05) is 52.6 Å². The lowest BCUT2D eigenvalue weighted by atomic mass is 10.2. The Bertz CT molecular complexity index is 1250. The minimum absolute atomic E-state index is 0.0650. The Labute approximate surface area is 259 Å². The normalized spacial score (nSPS) is 19.9. The number of alkyl halides is 6. The third-order valence-electron chi connectivity index (χ3n) is 7.14. The Morgan fingerprint density at radius 2 is 1.22 bits per heavy atom. The molecule has 6 nitrogen and oxygen atoms in total. The average Bonchev–Trinajstić information content (AvgIpc) is 3.42. The van der Waals surface area contributed by atoms with E-state index in [4.69, 9.17) is 18.9 Å². The van der Waals surface area contributed by atoms with Gasteiger partial charge in [0.05, 0.1) is 11.1 Å². The molecule has 3 aromatic carbocycles. The van der Waals surface area contributed by atoms with E-state index in [9.17, 15) is 26.3 Å². The van der Waals surface area contributed by atoms with Crippen molar-refractivity contribution in [3.8, 4) is 11.5 Å². The molecule has 45 heavy (non-hydrogen) atoms. The molecular weight excluding hydrogens is 602 g/mol. The van der Waals surface area contributed by atoms with Crippen LogP contribution < -0.4 is 14.8 Å². The molecule has 0 aromatic heterocycles. The number of nitrogens with one attached hydrogen (secondary N) is 1. The highest BCUT2D eigenvalue weighted by Gasteiger charge is 2.31. The van der Waals surface area contributed by atoms with Crippen LogP contribution in [0.1, 0.15) is 29.5 Å². The lowest BCUT2D eigenvalue weighted by Gasteiger charge is -2.24. The van der Waals surface area contributed by atoms with Gasteiger partial charge in [0.25, 0.3) is 0 Å². The van der Waals surface area contributed by atoms with Crippen molar-refractivity contribution in [3.05, 3.63) is 95.6 Å². The molecule has 2 saturated heterocycles. The zero-order valence-electron chi connectivity index (χ0n) is 24.8. The van der Waals surface area contributed by atoms with Crippen LogP contribution in [-0.2, 0) is 28.4 Å². The second-order valence-corrected chi connectivity index (χ2v) is 10.8. The van der Waals surface area contributed by atoms with Crippen LogP contribution in [-0.4, -0.2) is 69.7 Å². The van der Waals surface area contributed by atoms with Crippen molar-refractivity contribution in [3.63, 3.8) is 0 Å². The van der Waals surface area contributed by atoms with Crippen molar-refractivity contribution in [2.45, 2.75) is 43.9 Å². The number of halogens is 6. The van der Waals surface area contributed by atoms with Crippen LogP contribution >= 0.6 is 0 Å². The van der Waals surface area contributed by atoms with E-state index in [0.29, 0.717) is 44.5 Å². The van der Waals surface area contributed by atoms with Crippen molar-refractivity contribution in [2.24, 2.45) is 0 Å². The Morgan fingerprint density at radius 1 is 0.689 bits per heavy atom.